The van der Waals surface area contributed by atoms with Crippen molar-refractivity contribution in [2.45, 2.75) is 6.92 Å². The van der Waals surface area contributed by atoms with Crippen molar-refractivity contribution in [1.82, 2.24) is 0 Å². The zero-order valence-corrected chi connectivity index (χ0v) is 15.7. The highest BCUT2D eigenvalue weighted by molar-refractivity contribution is 9.10. The fourth-order valence-corrected chi connectivity index (χ4v) is 3.12. The van der Waals surface area contributed by atoms with Crippen LogP contribution in [0.15, 0.2) is 65.7 Å². The van der Waals surface area contributed by atoms with E-state index in [1.807, 2.05) is 18.2 Å². The van der Waals surface area contributed by atoms with Gasteiger partial charge in [0.25, 0.3) is 0 Å². The molecule has 3 aromatic carbocycles. The number of phenols is 1. The lowest BCUT2D eigenvalue weighted by Gasteiger charge is -2.17. The van der Waals surface area contributed by atoms with Gasteiger partial charge in [0.15, 0.2) is 0 Å². The van der Waals surface area contributed by atoms with Gasteiger partial charge in [-0.15, -0.1) is 0 Å². The normalized spacial score (nSPS) is 10.5. The maximum absolute atomic E-state index is 12.7. The predicted octanol–water partition coefficient (Wildman–Crippen LogP) is 5.40. The molecular formula is C21H17BrO4. The fourth-order valence-electron chi connectivity index (χ4n) is 2.76. The summed E-state index contributed by atoms with van der Waals surface area (Å²) < 4.78 is 12.0. The number of carbonyl (C=O) groups is 1. The van der Waals surface area contributed by atoms with E-state index in [1.165, 1.54) is 0 Å². The minimum atomic E-state index is -0.642. The lowest BCUT2D eigenvalue weighted by atomic mass is 9.98. The van der Waals surface area contributed by atoms with Gasteiger partial charge < -0.3 is 14.6 Å². The van der Waals surface area contributed by atoms with Gasteiger partial charge in [-0.3, -0.25) is 0 Å². The van der Waals surface area contributed by atoms with Crippen LogP contribution in [-0.4, -0.2) is 17.7 Å². The number of aromatic hydroxyl groups is 1. The Kier molecular flexibility index (Phi) is 5.28. The lowest BCUT2D eigenvalue weighted by Crippen LogP contribution is -2.12. The first kappa shape index (κ1) is 18.0. The highest BCUT2D eigenvalue weighted by Gasteiger charge is 2.24. The monoisotopic (exact) mass is 412 g/mol. The lowest BCUT2D eigenvalue weighted by molar-refractivity contribution is 0.0730. The second kappa shape index (κ2) is 7.62. The summed E-state index contributed by atoms with van der Waals surface area (Å²) in [5.74, 6) is 0.145. The maximum atomic E-state index is 12.7. The van der Waals surface area contributed by atoms with Gasteiger partial charge in [-0.1, -0.05) is 46.8 Å². The molecule has 0 amide bonds. The molecule has 3 aromatic rings. The van der Waals surface area contributed by atoms with Crippen LogP contribution in [0.3, 0.4) is 0 Å². The van der Waals surface area contributed by atoms with E-state index >= 15 is 0 Å². The quantitative estimate of drug-likeness (QED) is 0.346. The highest BCUT2D eigenvalue weighted by Crippen LogP contribution is 2.41. The smallest absolute Gasteiger partial charge is 0.347 e. The summed E-state index contributed by atoms with van der Waals surface area (Å²) in [6, 6.07) is 14.1. The molecule has 5 heteroatoms. The van der Waals surface area contributed by atoms with Crippen LogP contribution in [0.1, 0.15) is 15.9 Å². The molecule has 0 aromatic heterocycles. The Morgan fingerprint density at radius 3 is 2.62 bits per heavy atom. The summed E-state index contributed by atoms with van der Waals surface area (Å²) in [6.45, 7) is 5.66. The molecule has 26 heavy (non-hydrogen) atoms. The summed E-state index contributed by atoms with van der Waals surface area (Å²) >= 11 is 3.39. The number of hydrogen-bond donors (Lipinski definition) is 1. The molecule has 0 radical (unpaired) electrons. The van der Waals surface area contributed by atoms with Crippen molar-refractivity contribution >= 4 is 32.7 Å². The van der Waals surface area contributed by atoms with Crippen molar-refractivity contribution < 1.29 is 19.4 Å². The van der Waals surface area contributed by atoms with Gasteiger partial charge in [0.1, 0.15) is 29.4 Å². The van der Waals surface area contributed by atoms with Crippen molar-refractivity contribution in [2.24, 2.45) is 0 Å². The van der Waals surface area contributed by atoms with E-state index in [-0.39, 0.29) is 17.9 Å². The van der Waals surface area contributed by atoms with Crippen LogP contribution >= 0.6 is 15.9 Å². The predicted molar refractivity (Wildman–Crippen MR) is 105 cm³/mol. The molecule has 0 fully saturated rings. The summed E-state index contributed by atoms with van der Waals surface area (Å²) in [4.78, 5) is 12.7. The summed E-state index contributed by atoms with van der Waals surface area (Å²) in [7, 11) is 0. The Morgan fingerprint density at radius 1 is 1.19 bits per heavy atom. The van der Waals surface area contributed by atoms with Gasteiger partial charge >= 0.3 is 5.97 Å². The van der Waals surface area contributed by atoms with E-state index in [0.29, 0.717) is 27.8 Å². The second-order valence-corrected chi connectivity index (χ2v) is 6.59. The van der Waals surface area contributed by atoms with Crippen LogP contribution in [0.25, 0.3) is 10.8 Å². The molecule has 0 spiro atoms. The molecular weight excluding hydrogens is 396 g/mol. The van der Waals surface area contributed by atoms with E-state index < -0.39 is 5.97 Å². The molecule has 0 bridgehead atoms. The van der Waals surface area contributed by atoms with Crippen LogP contribution in [0.2, 0.25) is 0 Å². The largest absolute Gasteiger partial charge is 0.506 e. The first-order valence-corrected chi connectivity index (χ1v) is 8.78. The first-order chi connectivity index (χ1) is 12.5. The van der Waals surface area contributed by atoms with E-state index in [4.69, 9.17) is 9.47 Å². The Balaban J connectivity index is 2.17. The Morgan fingerprint density at radius 2 is 1.92 bits per heavy atom. The van der Waals surface area contributed by atoms with Crippen LogP contribution in [0.4, 0.5) is 0 Å². The standard InChI is InChI=1S/C21H17BrO4/c1-3-11-25-20-13(2)18(21(24)26-15-7-5-4-6-8-15)19(23)17-12-14(22)9-10-16(17)20/h3-10,12,23H,1,11H2,2H3. The maximum Gasteiger partial charge on any atom is 0.347 e. The third kappa shape index (κ3) is 3.44. The topological polar surface area (TPSA) is 55.8 Å². The summed E-state index contributed by atoms with van der Waals surface area (Å²) in [6.07, 6.45) is 1.62. The van der Waals surface area contributed by atoms with Crippen molar-refractivity contribution in [2.75, 3.05) is 6.61 Å². The average molecular weight is 413 g/mol. The second-order valence-electron chi connectivity index (χ2n) is 5.67. The number of esters is 1. The van der Waals surface area contributed by atoms with Crippen molar-refractivity contribution in [3.8, 4) is 17.2 Å². The molecule has 0 aliphatic rings. The van der Waals surface area contributed by atoms with E-state index in [2.05, 4.69) is 22.5 Å². The molecule has 0 aliphatic carbocycles. The Hall–Kier alpha value is -2.79. The van der Waals surface area contributed by atoms with E-state index in [1.54, 1.807) is 43.3 Å². The fraction of sp³-hybridized carbons (Fsp3) is 0.0952. The number of rotatable bonds is 5. The SMILES string of the molecule is C=CCOc1c(C)c(C(=O)Oc2ccccc2)c(O)c2cc(Br)ccc12. The molecule has 132 valence electrons. The number of halogens is 1. The molecule has 0 atom stereocenters. The molecule has 4 nitrogen and oxygen atoms in total. The third-order valence-electron chi connectivity index (χ3n) is 3.94. The van der Waals surface area contributed by atoms with Gasteiger partial charge in [0.05, 0.1) is 0 Å². The third-order valence-corrected chi connectivity index (χ3v) is 4.43. The van der Waals surface area contributed by atoms with Crippen molar-refractivity contribution in [3.05, 3.63) is 76.8 Å². The molecule has 0 aliphatic heterocycles. The molecule has 0 saturated heterocycles. The number of para-hydroxylation sites is 1. The first-order valence-electron chi connectivity index (χ1n) is 7.98. The van der Waals surface area contributed by atoms with Crippen molar-refractivity contribution in [3.63, 3.8) is 0 Å². The summed E-state index contributed by atoms with van der Waals surface area (Å²) in [5.41, 5.74) is 0.596. The summed E-state index contributed by atoms with van der Waals surface area (Å²) in [5, 5.41) is 12.0. The number of ether oxygens (including phenoxy) is 2. The number of benzene rings is 3. The highest BCUT2D eigenvalue weighted by atomic mass is 79.9. The van der Waals surface area contributed by atoms with Crippen molar-refractivity contribution in [1.29, 1.82) is 0 Å². The van der Waals surface area contributed by atoms with Gasteiger partial charge in [0, 0.05) is 20.8 Å². The Labute approximate surface area is 159 Å². The van der Waals surface area contributed by atoms with Gasteiger partial charge in [-0.05, 0) is 37.3 Å². The van der Waals surface area contributed by atoms with Crippen LogP contribution in [-0.2, 0) is 0 Å². The van der Waals surface area contributed by atoms with E-state index in [9.17, 15) is 9.90 Å². The molecule has 1 N–H and O–H groups in total. The van der Waals surface area contributed by atoms with Gasteiger partial charge in [0.2, 0.25) is 0 Å². The average Bonchev–Trinajstić information content (AvgIpc) is 2.63. The minimum Gasteiger partial charge on any atom is -0.506 e. The zero-order chi connectivity index (χ0) is 18.7. The Bertz CT molecular complexity index is 980. The molecule has 0 saturated carbocycles. The molecule has 3 rings (SSSR count). The number of phenolic OH excluding ortho intramolecular Hbond substituents is 1. The number of hydrogen-bond acceptors (Lipinski definition) is 4. The zero-order valence-electron chi connectivity index (χ0n) is 14.2. The number of fused-ring (bicyclic) bond motifs is 1. The van der Waals surface area contributed by atoms with Gasteiger partial charge in [-0.2, -0.15) is 0 Å². The van der Waals surface area contributed by atoms with Gasteiger partial charge in [-0.25, -0.2) is 4.79 Å². The van der Waals surface area contributed by atoms with Crippen LogP contribution in [0, 0.1) is 6.92 Å². The van der Waals surface area contributed by atoms with Crippen LogP contribution < -0.4 is 9.47 Å². The van der Waals surface area contributed by atoms with E-state index in [0.717, 1.165) is 4.47 Å². The molecule has 0 unspecified atom stereocenters. The minimum absolute atomic E-state index is 0.0820. The number of carbonyl (C=O) groups excluding carboxylic acids is 1. The molecule has 0 heterocycles. The van der Waals surface area contributed by atoms with Crippen LogP contribution in [0.5, 0.6) is 17.2 Å².